The third-order valence-electron chi connectivity index (χ3n) is 3.80. The number of aldehydes is 1. The van der Waals surface area contributed by atoms with Crippen LogP contribution in [0.5, 0.6) is 5.75 Å². The fourth-order valence-corrected chi connectivity index (χ4v) is 2.63. The van der Waals surface area contributed by atoms with E-state index < -0.39 is 11.2 Å². The van der Waals surface area contributed by atoms with E-state index in [1.807, 2.05) is 0 Å². The normalized spacial score (nSPS) is 31.9. The van der Waals surface area contributed by atoms with Crippen LogP contribution in [0.2, 0.25) is 0 Å². The van der Waals surface area contributed by atoms with Crippen LogP contribution in [-0.4, -0.2) is 29.2 Å². The molecule has 1 fully saturated rings. The van der Waals surface area contributed by atoms with Crippen molar-refractivity contribution in [2.24, 2.45) is 0 Å². The molecule has 0 spiro atoms. The molecule has 2 N–H and O–H groups in total. The standard InChI is InChI=1S/C14H18O4/c1-18-12-6-4-5-11(9-12)14(17)8-3-2-7-13(14,16)10-15/h4-6,9-10,16-17H,2-3,7-8H2,1H3/t13?,14-/m0/s1. The van der Waals surface area contributed by atoms with Crippen LogP contribution < -0.4 is 4.74 Å². The Morgan fingerprint density at radius 1 is 1.28 bits per heavy atom. The molecular formula is C14H18O4. The molecule has 1 aliphatic carbocycles. The molecule has 4 nitrogen and oxygen atoms in total. The topological polar surface area (TPSA) is 66.8 Å². The Kier molecular flexibility index (Phi) is 3.41. The minimum Gasteiger partial charge on any atom is -0.497 e. The number of benzene rings is 1. The number of hydrogen-bond acceptors (Lipinski definition) is 4. The van der Waals surface area contributed by atoms with Crippen molar-refractivity contribution in [1.29, 1.82) is 0 Å². The van der Waals surface area contributed by atoms with Crippen LogP contribution in [-0.2, 0) is 10.4 Å². The number of carbonyl (C=O) groups excluding carboxylic acids is 1. The summed E-state index contributed by atoms with van der Waals surface area (Å²) < 4.78 is 5.11. The van der Waals surface area contributed by atoms with Crippen LogP contribution in [0, 0.1) is 0 Å². The lowest BCUT2D eigenvalue weighted by molar-refractivity contribution is -0.180. The summed E-state index contributed by atoms with van der Waals surface area (Å²) in [6.45, 7) is 0. The summed E-state index contributed by atoms with van der Waals surface area (Å²) in [7, 11) is 1.54. The van der Waals surface area contributed by atoms with Gasteiger partial charge >= 0.3 is 0 Å². The zero-order valence-corrected chi connectivity index (χ0v) is 10.4. The lowest BCUT2D eigenvalue weighted by atomic mass is 9.69. The van der Waals surface area contributed by atoms with Crippen LogP contribution in [0.15, 0.2) is 24.3 Å². The fraction of sp³-hybridized carbons (Fsp3) is 0.500. The molecule has 0 aromatic heterocycles. The predicted molar refractivity (Wildman–Crippen MR) is 66.4 cm³/mol. The Balaban J connectivity index is 2.47. The van der Waals surface area contributed by atoms with Gasteiger partial charge in [-0.05, 0) is 43.4 Å². The molecule has 0 heterocycles. The van der Waals surface area contributed by atoms with E-state index >= 15 is 0 Å². The van der Waals surface area contributed by atoms with Gasteiger partial charge in [-0.2, -0.15) is 0 Å². The molecule has 18 heavy (non-hydrogen) atoms. The second kappa shape index (κ2) is 4.71. The summed E-state index contributed by atoms with van der Waals surface area (Å²) in [4.78, 5) is 11.2. The van der Waals surface area contributed by atoms with Crippen LogP contribution in [0.1, 0.15) is 31.2 Å². The minimum absolute atomic E-state index is 0.282. The van der Waals surface area contributed by atoms with Gasteiger partial charge in [0.25, 0.3) is 0 Å². The van der Waals surface area contributed by atoms with Gasteiger partial charge in [0.05, 0.1) is 7.11 Å². The number of rotatable bonds is 3. The Morgan fingerprint density at radius 3 is 2.67 bits per heavy atom. The number of aliphatic hydroxyl groups is 2. The monoisotopic (exact) mass is 250 g/mol. The summed E-state index contributed by atoms with van der Waals surface area (Å²) in [5.41, 5.74) is -2.71. The first-order valence-corrected chi connectivity index (χ1v) is 6.11. The maximum Gasteiger partial charge on any atom is 0.154 e. The van der Waals surface area contributed by atoms with Gasteiger partial charge < -0.3 is 19.7 Å². The first-order chi connectivity index (χ1) is 8.55. The maximum absolute atomic E-state index is 11.2. The Bertz CT molecular complexity index is 445. The van der Waals surface area contributed by atoms with Gasteiger partial charge in [0.1, 0.15) is 11.4 Å². The molecule has 0 saturated heterocycles. The average Bonchev–Trinajstić information content (AvgIpc) is 2.42. The molecule has 98 valence electrons. The lowest BCUT2D eigenvalue weighted by Gasteiger charge is -2.44. The molecule has 2 atom stereocenters. The fourth-order valence-electron chi connectivity index (χ4n) is 2.63. The van der Waals surface area contributed by atoms with Crippen LogP contribution >= 0.6 is 0 Å². The van der Waals surface area contributed by atoms with E-state index in [-0.39, 0.29) is 6.42 Å². The van der Waals surface area contributed by atoms with Gasteiger partial charge in [-0.25, -0.2) is 0 Å². The molecule has 0 aliphatic heterocycles. The quantitative estimate of drug-likeness (QED) is 0.795. The number of hydrogen-bond donors (Lipinski definition) is 2. The molecule has 1 saturated carbocycles. The molecule has 1 unspecified atom stereocenters. The summed E-state index contributed by atoms with van der Waals surface area (Å²) in [6, 6.07) is 6.88. The highest BCUT2D eigenvalue weighted by atomic mass is 16.5. The number of carbonyl (C=O) groups is 1. The summed E-state index contributed by atoms with van der Waals surface area (Å²) in [5.74, 6) is 0.597. The maximum atomic E-state index is 11.2. The highest BCUT2D eigenvalue weighted by molar-refractivity contribution is 5.66. The van der Waals surface area contributed by atoms with Gasteiger partial charge in [-0.1, -0.05) is 12.1 Å². The molecule has 1 aromatic rings. The van der Waals surface area contributed by atoms with Crippen molar-refractivity contribution in [3.8, 4) is 5.75 Å². The van der Waals surface area contributed by atoms with Crippen molar-refractivity contribution >= 4 is 6.29 Å². The first-order valence-electron chi connectivity index (χ1n) is 6.11. The van der Waals surface area contributed by atoms with Gasteiger partial charge in [0.2, 0.25) is 0 Å². The predicted octanol–water partition coefficient (Wildman–Crippen LogP) is 1.39. The second-order valence-corrected chi connectivity index (χ2v) is 4.84. The molecular weight excluding hydrogens is 232 g/mol. The minimum atomic E-state index is -1.71. The van der Waals surface area contributed by atoms with Crippen LogP contribution in [0.4, 0.5) is 0 Å². The zero-order chi connectivity index (χ0) is 13.2. The van der Waals surface area contributed by atoms with Gasteiger partial charge in [-0.15, -0.1) is 0 Å². The Morgan fingerprint density at radius 2 is 2.00 bits per heavy atom. The van der Waals surface area contributed by atoms with E-state index in [0.29, 0.717) is 24.0 Å². The SMILES string of the molecule is COc1cccc([C@@]2(O)CCCCC2(O)C=O)c1. The smallest absolute Gasteiger partial charge is 0.154 e. The number of methoxy groups -OCH3 is 1. The molecule has 1 aromatic carbocycles. The van der Waals surface area contributed by atoms with Gasteiger partial charge in [-0.3, -0.25) is 0 Å². The average molecular weight is 250 g/mol. The largest absolute Gasteiger partial charge is 0.497 e. The van der Waals surface area contributed by atoms with Crippen molar-refractivity contribution < 1.29 is 19.7 Å². The van der Waals surface area contributed by atoms with E-state index in [2.05, 4.69) is 0 Å². The second-order valence-electron chi connectivity index (χ2n) is 4.84. The lowest BCUT2D eigenvalue weighted by Crippen LogP contribution is -2.55. The first kappa shape index (κ1) is 13.1. The van der Waals surface area contributed by atoms with Crippen molar-refractivity contribution in [2.45, 2.75) is 36.9 Å². The van der Waals surface area contributed by atoms with E-state index in [1.54, 1.807) is 24.3 Å². The van der Waals surface area contributed by atoms with Crippen molar-refractivity contribution in [2.75, 3.05) is 7.11 Å². The Hall–Kier alpha value is -1.39. The molecule has 2 rings (SSSR count). The molecule has 0 amide bonds. The van der Waals surface area contributed by atoms with Crippen molar-refractivity contribution in [3.05, 3.63) is 29.8 Å². The molecule has 0 radical (unpaired) electrons. The number of ether oxygens (including phenoxy) is 1. The van der Waals surface area contributed by atoms with Crippen molar-refractivity contribution in [1.82, 2.24) is 0 Å². The summed E-state index contributed by atoms with van der Waals surface area (Å²) in [6.07, 6.45) is 2.64. The van der Waals surface area contributed by atoms with Gasteiger partial charge in [0.15, 0.2) is 11.9 Å². The Labute approximate surface area is 106 Å². The highest BCUT2D eigenvalue weighted by Gasteiger charge is 2.52. The highest BCUT2D eigenvalue weighted by Crippen LogP contribution is 2.44. The molecule has 4 heteroatoms. The van der Waals surface area contributed by atoms with E-state index in [0.717, 1.165) is 12.8 Å². The third kappa shape index (κ3) is 1.91. The van der Waals surface area contributed by atoms with Gasteiger partial charge in [0, 0.05) is 0 Å². The van der Waals surface area contributed by atoms with Crippen molar-refractivity contribution in [3.63, 3.8) is 0 Å². The van der Waals surface area contributed by atoms with E-state index in [1.165, 1.54) is 7.11 Å². The van der Waals surface area contributed by atoms with E-state index in [9.17, 15) is 15.0 Å². The van der Waals surface area contributed by atoms with Crippen LogP contribution in [0.3, 0.4) is 0 Å². The zero-order valence-electron chi connectivity index (χ0n) is 10.4. The summed E-state index contributed by atoms with van der Waals surface area (Å²) in [5, 5.41) is 21.1. The molecule has 0 bridgehead atoms. The molecule has 1 aliphatic rings. The van der Waals surface area contributed by atoms with E-state index in [4.69, 9.17) is 4.74 Å². The summed E-state index contributed by atoms with van der Waals surface area (Å²) >= 11 is 0. The third-order valence-corrected chi connectivity index (χ3v) is 3.80. The van der Waals surface area contributed by atoms with Crippen LogP contribution in [0.25, 0.3) is 0 Å².